The third-order valence-corrected chi connectivity index (χ3v) is 2.45. The van der Waals surface area contributed by atoms with Crippen molar-refractivity contribution in [2.75, 3.05) is 0 Å². The summed E-state index contributed by atoms with van der Waals surface area (Å²) in [5, 5.41) is 0. The Hall–Kier alpha value is -1.05. The minimum Gasteiger partial charge on any atom is -0.474 e. The molecule has 0 radical (unpaired) electrons. The molecule has 0 amide bonds. The Balaban J connectivity index is 2.00. The van der Waals surface area contributed by atoms with Gasteiger partial charge < -0.3 is 4.74 Å². The zero-order chi connectivity index (χ0) is 9.10. The minimum absolute atomic E-state index is 0.411. The molecule has 70 valence electrons. The van der Waals surface area contributed by atoms with E-state index in [2.05, 4.69) is 4.98 Å². The van der Waals surface area contributed by atoms with Crippen LogP contribution in [0.5, 0.6) is 5.88 Å². The van der Waals surface area contributed by atoms with Crippen LogP contribution in [0.15, 0.2) is 18.2 Å². The van der Waals surface area contributed by atoms with Gasteiger partial charge in [-0.2, -0.15) is 0 Å². The normalized spacial score (nSPS) is 17.6. The fourth-order valence-electron chi connectivity index (χ4n) is 1.76. The first-order valence-corrected chi connectivity index (χ1v) is 4.95. The summed E-state index contributed by atoms with van der Waals surface area (Å²) < 4.78 is 5.74. The fraction of sp³-hybridized carbons (Fsp3) is 0.545. The summed E-state index contributed by atoms with van der Waals surface area (Å²) in [6.07, 6.45) is 5.40. The topological polar surface area (TPSA) is 22.1 Å². The third-order valence-electron chi connectivity index (χ3n) is 2.45. The summed E-state index contributed by atoms with van der Waals surface area (Å²) in [6.45, 7) is 1.99. The molecule has 0 bridgehead atoms. The van der Waals surface area contributed by atoms with Crippen molar-refractivity contribution in [3.05, 3.63) is 23.9 Å². The van der Waals surface area contributed by atoms with E-state index in [1.54, 1.807) is 0 Å². The second-order valence-electron chi connectivity index (χ2n) is 3.64. The van der Waals surface area contributed by atoms with E-state index in [0.29, 0.717) is 6.10 Å². The molecular weight excluding hydrogens is 162 g/mol. The molecule has 1 heterocycles. The Morgan fingerprint density at radius 1 is 1.31 bits per heavy atom. The van der Waals surface area contributed by atoms with Crippen LogP contribution < -0.4 is 4.74 Å². The van der Waals surface area contributed by atoms with E-state index in [9.17, 15) is 0 Å². The number of ether oxygens (including phenoxy) is 1. The molecule has 0 atom stereocenters. The zero-order valence-electron chi connectivity index (χ0n) is 7.99. The number of nitrogens with zero attached hydrogens (tertiary/aromatic N) is 1. The molecule has 2 heteroatoms. The van der Waals surface area contributed by atoms with Crippen molar-refractivity contribution in [1.82, 2.24) is 4.98 Å². The first-order chi connectivity index (χ1) is 6.34. The summed E-state index contributed by atoms with van der Waals surface area (Å²) in [7, 11) is 0. The summed E-state index contributed by atoms with van der Waals surface area (Å²) in [4.78, 5) is 4.31. The maximum atomic E-state index is 5.74. The predicted octanol–water partition coefficient (Wildman–Crippen LogP) is 2.71. The fourth-order valence-corrected chi connectivity index (χ4v) is 1.76. The Morgan fingerprint density at radius 3 is 2.77 bits per heavy atom. The minimum atomic E-state index is 0.411. The molecule has 0 aromatic carbocycles. The van der Waals surface area contributed by atoms with Gasteiger partial charge in [0.05, 0.1) is 0 Å². The van der Waals surface area contributed by atoms with E-state index in [0.717, 1.165) is 11.6 Å². The van der Waals surface area contributed by atoms with Gasteiger partial charge >= 0.3 is 0 Å². The molecule has 0 N–H and O–H groups in total. The molecule has 1 aromatic heterocycles. The molecule has 1 aliphatic rings. The van der Waals surface area contributed by atoms with Crippen LogP contribution in [-0.2, 0) is 0 Å². The molecule has 1 aromatic rings. The van der Waals surface area contributed by atoms with E-state index >= 15 is 0 Å². The number of hydrogen-bond donors (Lipinski definition) is 0. The average molecular weight is 177 g/mol. The van der Waals surface area contributed by atoms with Crippen LogP contribution in [0.2, 0.25) is 0 Å². The van der Waals surface area contributed by atoms with Crippen LogP contribution in [0.3, 0.4) is 0 Å². The van der Waals surface area contributed by atoms with Crippen molar-refractivity contribution in [2.45, 2.75) is 38.7 Å². The lowest BCUT2D eigenvalue weighted by molar-refractivity contribution is 0.201. The van der Waals surface area contributed by atoms with Crippen molar-refractivity contribution in [2.24, 2.45) is 0 Å². The van der Waals surface area contributed by atoms with Gasteiger partial charge in [-0.1, -0.05) is 6.07 Å². The molecule has 2 rings (SSSR count). The van der Waals surface area contributed by atoms with Crippen LogP contribution >= 0.6 is 0 Å². The van der Waals surface area contributed by atoms with Gasteiger partial charge in [-0.15, -0.1) is 0 Å². The molecule has 13 heavy (non-hydrogen) atoms. The lowest BCUT2D eigenvalue weighted by Gasteiger charge is -2.11. The van der Waals surface area contributed by atoms with E-state index in [1.807, 2.05) is 25.1 Å². The molecule has 2 nitrogen and oxygen atoms in total. The summed E-state index contributed by atoms with van der Waals surface area (Å²) in [6, 6.07) is 5.92. The van der Waals surface area contributed by atoms with Gasteiger partial charge in [0.15, 0.2) is 0 Å². The van der Waals surface area contributed by atoms with Crippen LogP contribution in [-0.4, -0.2) is 11.1 Å². The number of hydrogen-bond acceptors (Lipinski definition) is 2. The molecule has 0 unspecified atom stereocenters. The second-order valence-corrected chi connectivity index (χ2v) is 3.64. The smallest absolute Gasteiger partial charge is 0.213 e. The van der Waals surface area contributed by atoms with E-state index in [-0.39, 0.29) is 0 Å². The van der Waals surface area contributed by atoms with Gasteiger partial charge in [-0.3, -0.25) is 0 Å². The monoisotopic (exact) mass is 177 g/mol. The number of aryl methyl sites for hydroxylation is 1. The van der Waals surface area contributed by atoms with Crippen molar-refractivity contribution < 1.29 is 4.74 Å². The largest absolute Gasteiger partial charge is 0.474 e. The van der Waals surface area contributed by atoms with Crippen molar-refractivity contribution in [1.29, 1.82) is 0 Å². The van der Waals surface area contributed by atoms with Gasteiger partial charge in [0, 0.05) is 11.8 Å². The molecule has 0 spiro atoms. The maximum Gasteiger partial charge on any atom is 0.213 e. The summed E-state index contributed by atoms with van der Waals surface area (Å²) in [5.41, 5.74) is 1.02. The van der Waals surface area contributed by atoms with Gasteiger partial charge in [0.2, 0.25) is 5.88 Å². The maximum absolute atomic E-state index is 5.74. The third kappa shape index (κ3) is 2.20. The highest BCUT2D eigenvalue weighted by Crippen LogP contribution is 2.22. The molecule has 0 saturated heterocycles. The Morgan fingerprint density at radius 2 is 2.08 bits per heavy atom. The molecule has 1 fully saturated rings. The predicted molar refractivity (Wildman–Crippen MR) is 51.9 cm³/mol. The standard InChI is InChI=1S/C11H15NO/c1-9-5-4-8-11(12-9)13-10-6-2-3-7-10/h4-5,8,10H,2-3,6-7H2,1H3. The first-order valence-electron chi connectivity index (χ1n) is 4.95. The molecule has 1 aliphatic carbocycles. The summed E-state index contributed by atoms with van der Waals surface area (Å²) in [5.74, 6) is 0.784. The van der Waals surface area contributed by atoms with Crippen LogP contribution in [0.1, 0.15) is 31.4 Å². The molecule has 0 aliphatic heterocycles. The Kier molecular flexibility index (Phi) is 2.48. The lowest BCUT2D eigenvalue weighted by atomic mass is 10.3. The Bertz CT molecular complexity index is 279. The Labute approximate surface area is 78.9 Å². The van der Waals surface area contributed by atoms with E-state index < -0.39 is 0 Å². The average Bonchev–Trinajstić information content (AvgIpc) is 2.57. The number of pyridine rings is 1. The highest BCUT2D eigenvalue weighted by atomic mass is 16.5. The van der Waals surface area contributed by atoms with Crippen LogP contribution in [0.4, 0.5) is 0 Å². The highest BCUT2D eigenvalue weighted by Gasteiger charge is 2.16. The van der Waals surface area contributed by atoms with Gasteiger partial charge in [-0.25, -0.2) is 4.98 Å². The summed E-state index contributed by atoms with van der Waals surface area (Å²) >= 11 is 0. The van der Waals surface area contributed by atoms with Gasteiger partial charge in [0.25, 0.3) is 0 Å². The number of aromatic nitrogens is 1. The van der Waals surface area contributed by atoms with Crippen LogP contribution in [0, 0.1) is 6.92 Å². The zero-order valence-corrected chi connectivity index (χ0v) is 7.99. The highest BCUT2D eigenvalue weighted by molar-refractivity contribution is 5.15. The van der Waals surface area contributed by atoms with Crippen molar-refractivity contribution in [3.8, 4) is 5.88 Å². The van der Waals surface area contributed by atoms with E-state index in [1.165, 1.54) is 25.7 Å². The second kappa shape index (κ2) is 3.77. The quantitative estimate of drug-likeness (QED) is 0.693. The van der Waals surface area contributed by atoms with Gasteiger partial charge in [-0.05, 0) is 38.7 Å². The van der Waals surface area contributed by atoms with Crippen molar-refractivity contribution >= 4 is 0 Å². The van der Waals surface area contributed by atoms with Crippen LogP contribution in [0.25, 0.3) is 0 Å². The van der Waals surface area contributed by atoms with Gasteiger partial charge in [0.1, 0.15) is 6.10 Å². The van der Waals surface area contributed by atoms with E-state index in [4.69, 9.17) is 4.74 Å². The molecule has 1 saturated carbocycles. The first kappa shape index (κ1) is 8.54. The SMILES string of the molecule is Cc1cccc(OC2CCCC2)n1. The molecular formula is C11H15NO. The lowest BCUT2D eigenvalue weighted by Crippen LogP contribution is -2.11. The number of rotatable bonds is 2. The van der Waals surface area contributed by atoms with Crippen molar-refractivity contribution in [3.63, 3.8) is 0 Å².